The summed E-state index contributed by atoms with van der Waals surface area (Å²) in [6, 6.07) is 8.04. The second-order valence-corrected chi connectivity index (χ2v) is 15.3. The first-order chi connectivity index (χ1) is 21.9. The zero-order valence-corrected chi connectivity index (χ0v) is 29.8. The number of amides is 2. The van der Waals surface area contributed by atoms with E-state index in [0.29, 0.717) is 16.6 Å². The molecule has 0 radical (unpaired) electrons. The van der Waals surface area contributed by atoms with Crippen molar-refractivity contribution >= 4 is 39.7 Å². The second-order valence-electron chi connectivity index (χ2n) is 14.4. The number of carbonyl (C=O) groups is 4. The predicted octanol–water partition coefficient (Wildman–Crippen LogP) is 5.47. The highest BCUT2D eigenvalue weighted by Gasteiger charge is 2.61. The van der Waals surface area contributed by atoms with E-state index >= 15 is 0 Å². The van der Waals surface area contributed by atoms with Gasteiger partial charge in [-0.15, -0.1) is 6.58 Å². The molecule has 254 valence electrons. The maximum atomic E-state index is 14.4. The van der Waals surface area contributed by atoms with Gasteiger partial charge >= 0.3 is 12.1 Å². The lowest BCUT2D eigenvalue weighted by atomic mass is 9.85. The molecule has 1 saturated carbocycles. The van der Waals surface area contributed by atoms with E-state index in [0.717, 1.165) is 5.56 Å². The number of halogens is 1. The molecule has 0 unspecified atom stereocenters. The van der Waals surface area contributed by atoms with Gasteiger partial charge in [0, 0.05) is 24.6 Å². The van der Waals surface area contributed by atoms with Crippen molar-refractivity contribution in [3.8, 4) is 11.3 Å². The molecule has 47 heavy (non-hydrogen) atoms. The molecule has 5 atom stereocenters. The summed E-state index contributed by atoms with van der Waals surface area (Å²) in [7, 11) is 0. The van der Waals surface area contributed by atoms with Gasteiger partial charge in [-0.25, -0.2) is 9.48 Å². The van der Waals surface area contributed by atoms with Crippen molar-refractivity contribution in [1.29, 1.82) is 0 Å². The number of hydrogen-bond acceptors (Lipinski definition) is 8. The van der Waals surface area contributed by atoms with Gasteiger partial charge < -0.3 is 19.7 Å². The molecule has 2 aliphatic rings. The lowest BCUT2D eigenvalue weighted by Crippen LogP contribution is -2.57. The van der Waals surface area contributed by atoms with Crippen LogP contribution in [0.5, 0.6) is 0 Å². The molecule has 1 aliphatic carbocycles. The maximum Gasteiger partial charge on any atom is 0.408 e. The monoisotopic (exact) mass is 712 g/mol. The fourth-order valence-electron chi connectivity index (χ4n) is 6.14. The van der Waals surface area contributed by atoms with Gasteiger partial charge in [-0.3, -0.25) is 19.2 Å². The average molecular weight is 714 g/mol. The van der Waals surface area contributed by atoms with Crippen LogP contribution >= 0.6 is 15.9 Å². The summed E-state index contributed by atoms with van der Waals surface area (Å²) < 4.78 is 12.6. The molecule has 4 rings (SSSR count). The summed E-state index contributed by atoms with van der Waals surface area (Å²) in [5.74, 6) is -1.54. The largest absolute Gasteiger partial charge is 0.466 e. The van der Waals surface area contributed by atoms with Crippen LogP contribution in [0.25, 0.3) is 11.3 Å². The number of rotatable bonds is 10. The molecule has 1 aromatic carbocycles. The molecule has 0 bridgehead atoms. The van der Waals surface area contributed by atoms with E-state index in [1.54, 1.807) is 54.5 Å². The van der Waals surface area contributed by atoms with Gasteiger partial charge in [-0.2, -0.15) is 5.10 Å². The lowest BCUT2D eigenvalue weighted by molar-refractivity contribution is -0.152. The number of ketones is 1. The Labute approximate surface area is 284 Å². The van der Waals surface area contributed by atoms with Crippen LogP contribution in [-0.4, -0.2) is 69.3 Å². The summed E-state index contributed by atoms with van der Waals surface area (Å²) in [5.41, 5.74) is -1.72. The molecule has 1 aromatic heterocycles. The van der Waals surface area contributed by atoms with Gasteiger partial charge in [0.1, 0.15) is 17.3 Å². The Bertz CT molecular complexity index is 1590. The highest BCUT2D eigenvalue weighted by Crippen LogP contribution is 2.57. The number of benzene rings is 1. The third-order valence-electron chi connectivity index (χ3n) is 8.60. The van der Waals surface area contributed by atoms with E-state index in [2.05, 4.69) is 32.9 Å². The van der Waals surface area contributed by atoms with Gasteiger partial charge in [0.05, 0.1) is 28.6 Å². The number of carbonyl (C=O) groups excluding carboxylic acids is 4. The summed E-state index contributed by atoms with van der Waals surface area (Å²) in [6.07, 6.45) is 1.25. The molecule has 2 heterocycles. The van der Waals surface area contributed by atoms with Crippen LogP contribution in [0.3, 0.4) is 0 Å². The second kappa shape index (κ2) is 13.7. The van der Waals surface area contributed by atoms with E-state index in [4.69, 9.17) is 9.47 Å². The van der Waals surface area contributed by atoms with Crippen LogP contribution < -0.4 is 10.9 Å². The molecular formula is C35H45BrN4O7. The molecule has 2 aromatic rings. The van der Waals surface area contributed by atoms with E-state index in [9.17, 15) is 24.0 Å². The standard InChI is InChI=1S/C35H45BrN4O7/c1-9-22-18-35(22,31(44)46-10-2)19-26(41)25-16-23(40-27(42)17-24(36)28(38-40)21-14-12-11-13-15-21)20-39(25)30(43)29(33(3,4)5)37-32(45)47-34(6,7)8/h9,11-15,17,22-23,25,29H,1,10,16,18-20H2,2-8H3,(H,37,45)/t22-,23-,25+,29-,35-/m1/s1. The predicted molar refractivity (Wildman–Crippen MR) is 180 cm³/mol. The maximum absolute atomic E-state index is 14.4. The van der Waals surface area contributed by atoms with Gasteiger partial charge in [-0.05, 0) is 67.8 Å². The number of likely N-dealkylation sites (tertiary alicyclic amines) is 1. The zero-order chi connectivity index (χ0) is 34.9. The van der Waals surface area contributed by atoms with E-state index < -0.39 is 58.1 Å². The van der Waals surface area contributed by atoms with Crippen molar-refractivity contribution in [3.05, 3.63) is 63.9 Å². The minimum Gasteiger partial charge on any atom is -0.466 e. The fraction of sp³-hybridized carbons (Fsp3) is 0.543. The third kappa shape index (κ3) is 8.02. The normalized spacial score (nSPS) is 23.1. The first kappa shape index (κ1) is 36.0. The van der Waals surface area contributed by atoms with Gasteiger partial charge in [0.2, 0.25) is 5.91 Å². The SMILES string of the molecule is C=C[C@@H]1C[C@]1(CC(=O)[C@@H]1C[C@@H](n2nc(-c3ccccc3)c(Br)cc2=O)CN1C(=O)[C@@H](NC(=O)OC(C)(C)C)C(C)(C)C)C(=O)OCC. The number of nitrogens with zero attached hydrogens (tertiary/aromatic N) is 3. The van der Waals surface area contributed by atoms with Crippen molar-refractivity contribution < 1.29 is 28.7 Å². The quantitative estimate of drug-likeness (QED) is 0.253. The van der Waals surface area contributed by atoms with Crippen LogP contribution in [0.15, 0.2) is 58.3 Å². The number of ether oxygens (including phenoxy) is 2. The molecule has 12 heteroatoms. The van der Waals surface area contributed by atoms with Crippen LogP contribution in [0.4, 0.5) is 4.79 Å². The number of Topliss-reactive ketones (excluding diaryl/α,β-unsaturated/α-hetero) is 1. The van der Waals surface area contributed by atoms with Gasteiger partial charge in [0.15, 0.2) is 5.78 Å². The molecule has 0 spiro atoms. The molecule has 2 fully saturated rings. The van der Waals surface area contributed by atoms with Crippen LogP contribution in [0, 0.1) is 16.7 Å². The number of nitrogens with one attached hydrogen (secondary N) is 1. The minimum atomic E-state index is -1.07. The Balaban J connectivity index is 1.74. The molecule has 1 aliphatic heterocycles. The third-order valence-corrected chi connectivity index (χ3v) is 9.21. The summed E-state index contributed by atoms with van der Waals surface area (Å²) in [6.45, 7) is 16.3. The Hall–Kier alpha value is -3.80. The molecule has 2 amide bonds. The summed E-state index contributed by atoms with van der Waals surface area (Å²) >= 11 is 3.46. The number of aromatic nitrogens is 2. The van der Waals surface area contributed by atoms with Crippen molar-refractivity contribution in [2.24, 2.45) is 16.7 Å². The summed E-state index contributed by atoms with van der Waals surface area (Å²) in [5, 5.41) is 7.41. The van der Waals surface area contributed by atoms with E-state index in [1.165, 1.54) is 15.6 Å². The lowest BCUT2D eigenvalue weighted by Gasteiger charge is -2.36. The number of esters is 1. The van der Waals surface area contributed by atoms with Crippen molar-refractivity contribution in [1.82, 2.24) is 20.0 Å². The topological polar surface area (TPSA) is 137 Å². The Morgan fingerprint density at radius 3 is 2.36 bits per heavy atom. The Morgan fingerprint density at radius 1 is 1.15 bits per heavy atom. The van der Waals surface area contributed by atoms with Crippen molar-refractivity contribution in [2.45, 2.75) is 91.5 Å². The van der Waals surface area contributed by atoms with Crippen molar-refractivity contribution in [2.75, 3.05) is 13.2 Å². The minimum absolute atomic E-state index is 0.0160. The Kier molecular flexibility index (Phi) is 10.5. The molecule has 1 saturated heterocycles. The van der Waals surface area contributed by atoms with Crippen LogP contribution in [-0.2, 0) is 23.9 Å². The molecule has 11 nitrogen and oxygen atoms in total. The molecule has 1 N–H and O–H groups in total. The highest BCUT2D eigenvalue weighted by atomic mass is 79.9. The van der Waals surface area contributed by atoms with E-state index in [1.807, 2.05) is 30.3 Å². The van der Waals surface area contributed by atoms with Crippen LogP contribution in [0.1, 0.15) is 73.8 Å². The smallest absolute Gasteiger partial charge is 0.408 e. The van der Waals surface area contributed by atoms with Crippen molar-refractivity contribution in [3.63, 3.8) is 0 Å². The number of alkyl carbamates (subject to hydrolysis) is 1. The van der Waals surface area contributed by atoms with Crippen LogP contribution in [0.2, 0.25) is 0 Å². The first-order valence-electron chi connectivity index (χ1n) is 15.9. The van der Waals surface area contributed by atoms with Gasteiger partial charge in [0.25, 0.3) is 5.56 Å². The Morgan fingerprint density at radius 2 is 1.81 bits per heavy atom. The van der Waals surface area contributed by atoms with E-state index in [-0.39, 0.29) is 37.7 Å². The summed E-state index contributed by atoms with van der Waals surface area (Å²) in [4.78, 5) is 69.4. The highest BCUT2D eigenvalue weighted by molar-refractivity contribution is 9.10. The molecular weight excluding hydrogens is 668 g/mol. The van der Waals surface area contributed by atoms with Gasteiger partial charge in [-0.1, -0.05) is 57.2 Å². The average Bonchev–Trinajstić information content (AvgIpc) is 3.51. The first-order valence-corrected chi connectivity index (χ1v) is 16.7. The zero-order valence-electron chi connectivity index (χ0n) is 28.2. The fourth-order valence-corrected chi connectivity index (χ4v) is 6.64. The number of allylic oxidation sites excluding steroid dienone is 1. The number of hydrogen-bond donors (Lipinski definition) is 1.